The van der Waals surface area contributed by atoms with Gasteiger partial charge in [0.2, 0.25) is 5.91 Å². The van der Waals surface area contributed by atoms with Crippen molar-refractivity contribution in [3.05, 3.63) is 64.1 Å². The van der Waals surface area contributed by atoms with Gasteiger partial charge in [-0.2, -0.15) is 0 Å². The summed E-state index contributed by atoms with van der Waals surface area (Å²) < 4.78 is 6.30. The number of carbonyl (C=O) groups excluding carboxylic acids is 2. The molecule has 1 aliphatic rings. The predicted octanol–water partition coefficient (Wildman–Crippen LogP) is 4.22. The normalized spacial score (nSPS) is 14.8. The van der Waals surface area contributed by atoms with Gasteiger partial charge in [-0.3, -0.25) is 9.59 Å². The van der Waals surface area contributed by atoms with E-state index in [-0.39, 0.29) is 12.5 Å². The highest BCUT2D eigenvalue weighted by Crippen LogP contribution is 2.48. The second kappa shape index (κ2) is 6.77. The first kappa shape index (κ1) is 16.7. The molecule has 1 N–H and O–H groups in total. The lowest BCUT2D eigenvalue weighted by atomic mass is 10.1. The van der Waals surface area contributed by atoms with E-state index >= 15 is 0 Å². The smallest absolute Gasteiger partial charge is 0.321 e. The van der Waals surface area contributed by atoms with Gasteiger partial charge in [-0.25, -0.2) is 0 Å². The number of ether oxygens (including phenoxy) is 1. The summed E-state index contributed by atoms with van der Waals surface area (Å²) in [7, 11) is 0. The van der Waals surface area contributed by atoms with Crippen molar-refractivity contribution in [1.29, 1.82) is 0 Å². The van der Waals surface area contributed by atoms with Crippen LogP contribution in [0.4, 0.5) is 5.69 Å². The van der Waals surface area contributed by atoms with Crippen LogP contribution in [-0.4, -0.2) is 11.9 Å². The number of halogens is 1. The van der Waals surface area contributed by atoms with E-state index in [1.54, 1.807) is 0 Å². The van der Waals surface area contributed by atoms with Crippen LogP contribution < -0.4 is 5.32 Å². The van der Waals surface area contributed by atoms with Gasteiger partial charge in [0.05, 0.1) is 0 Å². The molecule has 4 nitrogen and oxygen atoms in total. The van der Waals surface area contributed by atoms with E-state index in [1.165, 1.54) is 0 Å². The van der Waals surface area contributed by atoms with E-state index in [9.17, 15) is 9.59 Å². The standard InChI is InChI=1S/C19H18BrNO3/c1-13-11-15(20)7-8-16(13)21-17(22)19(9-10-19)18(23)24-12-14-5-3-2-4-6-14/h2-8,11H,9-10,12H2,1H3,(H,21,22). The van der Waals surface area contributed by atoms with Gasteiger partial charge in [0.25, 0.3) is 0 Å². The van der Waals surface area contributed by atoms with E-state index in [4.69, 9.17) is 4.74 Å². The molecule has 0 saturated heterocycles. The molecule has 0 radical (unpaired) electrons. The van der Waals surface area contributed by atoms with Crippen LogP contribution in [-0.2, 0) is 20.9 Å². The number of hydrogen-bond acceptors (Lipinski definition) is 3. The fourth-order valence-corrected chi connectivity index (χ4v) is 2.99. The maximum atomic E-state index is 12.6. The van der Waals surface area contributed by atoms with Crippen molar-refractivity contribution in [3.8, 4) is 0 Å². The Kier molecular flexibility index (Phi) is 4.71. The van der Waals surface area contributed by atoms with Crippen molar-refractivity contribution in [3.63, 3.8) is 0 Å². The molecule has 0 atom stereocenters. The lowest BCUT2D eigenvalue weighted by molar-refractivity contribution is -0.154. The van der Waals surface area contributed by atoms with Crippen molar-refractivity contribution in [1.82, 2.24) is 0 Å². The molecule has 1 fully saturated rings. The number of aryl methyl sites for hydroxylation is 1. The molecule has 0 unspecified atom stereocenters. The van der Waals surface area contributed by atoms with Crippen LogP contribution in [0.3, 0.4) is 0 Å². The number of hydrogen-bond donors (Lipinski definition) is 1. The molecule has 5 heteroatoms. The topological polar surface area (TPSA) is 55.4 Å². The number of benzene rings is 2. The summed E-state index contributed by atoms with van der Waals surface area (Å²) in [6.45, 7) is 2.10. The Morgan fingerprint density at radius 2 is 1.88 bits per heavy atom. The van der Waals surface area contributed by atoms with Crippen LogP contribution in [0.15, 0.2) is 53.0 Å². The minimum absolute atomic E-state index is 0.187. The molecule has 124 valence electrons. The summed E-state index contributed by atoms with van der Waals surface area (Å²) in [5, 5.41) is 2.86. The zero-order valence-corrected chi connectivity index (χ0v) is 14.9. The monoisotopic (exact) mass is 387 g/mol. The summed E-state index contributed by atoms with van der Waals surface area (Å²) in [5.41, 5.74) is 1.52. The molecule has 0 bridgehead atoms. The van der Waals surface area contributed by atoms with Crippen LogP contribution >= 0.6 is 15.9 Å². The molecule has 0 aliphatic heterocycles. The summed E-state index contributed by atoms with van der Waals surface area (Å²) in [4.78, 5) is 24.9. The molecule has 0 heterocycles. The van der Waals surface area contributed by atoms with Crippen molar-refractivity contribution in [2.24, 2.45) is 5.41 Å². The minimum atomic E-state index is -1.03. The Morgan fingerprint density at radius 1 is 1.17 bits per heavy atom. The van der Waals surface area contributed by atoms with Gasteiger partial charge in [-0.05, 0) is 49.1 Å². The molecule has 1 aliphatic carbocycles. The first-order valence-electron chi connectivity index (χ1n) is 7.80. The highest BCUT2D eigenvalue weighted by molar-refractivity contribution is 9.10. The fourth-order valence-electron chi connectivity index (χ4n) is 2.52. The van der Waals surface area contributed by atoms with Crippen LogP contribution in [0.25, 0.3) is 0 Å². The van der Waals surface area contributed by atoms with Gasteiger partial charge in [0.1, 0.15) is 12.0 Å². The highest BCUT2D eigenvalue weighted by atomic mass is 79.9. The number of rotatable bonds is 5. The second-order valence-corrected chi connectivity index (χ2v) is 6.97. The van der Waals surface area contributed by atoms with E-state index in [2.05, 4.69) is 21.2 Å². The third kappa shape index (κ3) is 3.51. The Labute approximate surface area is 149 Å². The number of nitrogens with one attached hydrogen (secondary N) is 1. The van der Waals surface area contributed by atoms with E-state index in [1.807, 2.05) is 55.5 Å². The Bertz CT molecular complexity index is 769. The molecule has 2 aromatic rings. The number of esters is 1. The molecule has 2 aromatic carbocycles. The van der Waals surface area contributed by atoms with Crippen LogP contribution in [0.5, 0.6) is 0 Å². The van der Waals surface area contributed by atoms with Crippen LogP contribution in [0.2, 0.25) is 0 Å². The SMILES string of the molecule is Cc1cc(Br)ccc1NC(=O)C1(C(=O)OCc2ccccc2)CC1. The lowest BCUT2D eigenvalue weighted by Gasteiger charge is -2.16. The molecule has 1 saturated carbocycles. The second-order valence-electron chi connectivity index (χ2n) is 6.06. The van der Waals surface area contributed by atoms with E-state index in [0.717, 1.165) is 15.6 Å². The van der Waals surface area contributed by atoms with Gasteiger partial charge in [0, 0.05) is 10.2 Å². The molecule has 1 amide bonds. The molecule has 0 aromatic heterocycles. The number of anilines is 1. The van der Waals surface area contributed by atoms with Crippen molar-refractivity contribution < 1.29 is 14.3 Å². The Morgan fingerprint density at radius 3 is 2.50 bits per heavy atom. The Hall–Kier alpha value is -2.14. The largest absolute Gasteiger partial charge is 0.460 e. The average molecular weight is 388 g/mol. The average Bonchev–Trinajstić information content (AvgIpc) is 3.38. The van der Waals surface area contributed by atoms with Gasteiger partial charge >= 0.3 is 5.97 Å². The van der Waals surface area contributed by atoms with Crippen LogP contribution in [0, 0.1) is 12.3 Å². The zero-order valence-electron chi connectivity index (χ0n) is 13.3. The lowest BCUT2D eigenvalue weighted by Crippen LogP contribution is -2.33. The maximum absolute atomic E-state index is 12.6. The molecule has 3 rings (SSSR count). The Balaban J connectivity index is 1.64. The maximum Gasteiger partial charge on any atom is 0.321 e. The van der Waals surface area contributed by atoms with Crippen molar-refractivity contribution in [2.75, 3.05) is 5.32 Å². The quantitative estimate of drug-likeness (QED) is 0.617. The number of carbonyl (C=O) groups is 2. The molecular formula is C19H18BrNO3. The van der Waals surface area contributed by atoms with E-state index in [0.29, 0.717) is 18.5 Å². The van der Waals surface area contributed by atoms with Gasteiger partial charge in [0.15, 0.2) is 0 Å². The predicted molar refractivity (Wildman–Crippen MR) is 95.4 cm³/mol. The third-order valence-corrected chi connectivity index (χ3v) is 4.72. The number of amides is 1. The zero-order chi connectivity index (χ0) is 17.2. The third-order valence-electron chi connectivity index (χ3n) is 4.22. The van der Waals surface area contributed by atoms with Gasteiger partial charge in [-0.1, -0.05) is 46.3 Å². The van der Waals surface area contributed by atoms with Gasteiger partial charge < -0.3 is 10.1 Å². The molecule has 0 spiro atoms. The summed E-state index contributed by atoms with van der Waals surface area (Å²) >= 11 is 3.39. The van der Waals surface area contributed by atoms with Crippen molar-refractivity contribution in [2.45, 2.75) is 26.4 Å². The van der Waals surface area contributed by atoms with Gasteiger partial charge in [-0.15, -0.1) is 0 Å². The van der Waals surface area contributed by atoms with E-state index < -0.39 is 11.4 Å². The van der Waals surface area contributed by atoms with Crippen molar-refractivity contribution >= 4 is 33.5 Å². The molecular weight excluding hydrogens is 370 g/mol. The summed E-state index contributed by atoms with van der Waals surface area (Å²) in [5.74, 6) is -0.732. The fraction of sp³-hybridized carbons (Fsp3) is 0.263. The first-order chi connectivity index (χ1) is 11.5. The minimum Gasteiger partial charge on any atom is -0.460 e. The highest BCUT2D eigenvalue weighted by Gasteiger charge is 2.58. The molecule has 24 heavy (non-hydrogen) atoms. The van der Waals surface area contributed by atoms with Crippen LogP contribution in [0.1, 0.15) is 24.0 Å². The first-order valence-corrected chi connectivity index (χ1v) is 8.59. The summed E-state index contributed by atoms with van der Waals surface area (Å²) in [6.07, 6.45) is 1.06. The summed E-state index contributed by atoms with van der Waals surface area (Å²) in [6, 6.07) is 15.1.